The van der Waals surface area contributed by atoms with Crippen LogP contribution >= 0.6 is 11.6 Å². The van der Waals surface area contributed by atoms with Crippen molar-refractivity contribution in [2.45, 2.75) is 18.9 Å². The average Bonchev–Trinajstić information content (AvgIpc) is 3.34. The van der Waals surface area contributed by atoms with Gasteiger partial charge in [-0.3, -0.25) is 4.79 Å². The molecule has 6 nitrogen and oxygen atoms in total. The molecule has 0 N–H and O–H groups in total. The molecular weight excluding hydrogens is 330 g/mol. The van der Waals surface area contributed by atoms with E-state index in [1.54, 1.807) is 29.2 Å². The Kier molecular flexibility index (Phi) is 3.82. The van der Waals surface area contributed by atoms with Crippen LogP contribution in [0.3, 0.4) is 0 Å². The summed E-state index contributed by atoms with van der Waals surface area (Å²) in [7, 11) is 0. The topological polar surface area (TPSA) is 72.4 Å². The minimum absolute atomic E-state index is 0.159. The third-order valence-corrected chi connectivity index (χ3v) is 4.31. The van der Waals surface area contributed by atoms with Crippen molar-refractivity contribution in [3.05, 3.63) is 59.3 Å². The van der Waals surface area contributed by atoms with Crippen LogP contribution in [0.1, 0.15) is 35.3 Å². The molecule has 1 saturated heterocycles. The Morgan fingerprint density at radius 1 is 1.21 bits per heavy atom. The van der Waals surface area contributed by atoms with Crippen molar-refractivity contribution in [3.8, 4) is 11.5 Å². The lowest BCUT2D eigenvalue weighted by Crippen LogP contribution is -2.30. The maximum Gasteiger partial charge on any atom is 0.290 e. The van der Waals surface area contributed by atoms with Crippen LogP contribution in [0.2, 0.25) is 5.02 Å². The highest BCUT2D eigenvalue weighted by Crippen LogP contribution is 2.33. The van der Waals surface area contributed by atoms with Crippen molar-refractivity contribution in [3.63, 3.8) is 0 Å². The Balaban J connectivity index is 1.59. The average molecular weight is 344 g/mol. The van der Waals surface area contributed by atoms with Crippen LogP contribution in [0.25, 0.3) is 11.5 Å². The predicted octanol–water partition coefficient (Wildman–Crippen LogP) is 3.96. The van der Waals surface area contributed by atoms with Gasteiger partial charge >= 0.3 is 0 Å². The predicted molar refractivity (Wildman–Crippen MR) is 86.5 cm³/mol. The molecule has 4 rings (SSSR count). The molecule has 1 unspecified atom stereocenters. The van der Waals surface area contributed by atoms with E-state index in [4.69, 9.17) is 20.4 Å². The molecule has 1 aliphatic rings. The fourth-order valence-corrected chi connectivity index (χ4v) is 3.01. The molecule has 2 aromatic heterocycles. The number of benzene rings is 1. The summed E-state index contributed by atoms with van der Waals surface area (Å²) in [6.45, 7) is 0.642. The number of rotatable bonds is 3. The molecule has 7 heteroatoms. The van der Waals surface area contributed by atoms with Crippen molar-refractivity contribution >= 4 is 17.5 Å². The molecule has 1 fully saturated rings. The van der Waals surface area contributed by atoms with Gasteiger partial charge in [0.1, 0.15) is 6.04 Å². The number of halogens is 1. The molecule has 1 aromatic carbocycles. The summed E-state index contributed by atoms with van der Waals surface area (Å²) in [6, 6.07) is 10.3. The lowest BCUT2D eigenvalue weighted by atomic mass is 10.2. The molecule has 1 amide bonds. The summed E-state index contributed by atoms with van der Waals surface area (Å²) in [5.41, 5.74) is 0.792. The molecule has 3 heterocycles. The molecule has 0 spiro atoms. The Hall–Kier alpha value is -2.60. The monoisotopic (exact) mass is 343 g/mol. The molecule has 0 saturated carbocycles. The third kappa shape index (κ3) is 2.69. The highest BCUT2D eigenvalue weighted by Gasteiger charge is 2.35. The van der Waals surface area contributed by atoms with Gasteiger partial charge < -0.3 is 13.7 Å². The van der Waals surface area contributed by atoms with E-state index in [0.717, 1.165) is 18.4 Å². The van der Waals surface area contributed by atoms with E-state index in [-0.39, 0.29) is 11.9 Å². The lowest BCUT2D eigenvalue weighted by Gasteiger charge is -2.20. The summed E-state index contributed by atoms with van der Waals surface area (Å²) in [4.78, 5) is 14.3. The van der Waals surface area contributed by atoms with Gasteiger partial charge in [-0.1, -0.05) is 11.6 Å². The zero-order valence-corrected chi connectivity index (χ0v) is 13.4. The molecule has 122 valence electrons. The maximum atomic E-state index is 12.5. The highest BCUT2D eigenvalue weighted by molar-refractivity contribution is 6.30. The molecule has 1 aliphatic heterocycles. The maximum absolute atomic E-state index is 12.5. The second-order valence-corrected chi connectivity index (χ2v) is 6.02. The van der Waals surface area contributed by atoms with Crippen molar-refractivity contribution in [1.29, 1.82) is 0 Å². The first-order valence-corrected chi connectivity index (χ1v) is 8.04. The fourth-order valence-electron chi connectivity index (χ4n) is 2.89. The van der Waals surface area contributed by atoms with Crippen molar-refractivity contribution in [2.24, 2.45) is 0 Å². The number of amides is 1. The van der Waals surface area contributed by atoms with E-state index < -0.39 is 0 Å². The molecule has 24 heavy (non-hydrogen) atoms. The Bertz CT molecular complexity index is 842. The van der Waals surface area contributed by atoms with Gasteiger partial charge in [0.25, 0.3) is 5.91 Å². The summed E-state index contributed by atoms with van der Waals surface area (Å²) >= 11 is 5.89. The minimum atomic E-state index is -0.226. The van der Waals surface area contributed by atoms with E-state index >= 15 is 0 Å². The van der Waals surface area contributed by atoms with Gasteiger partial charge in [-0.25, -0.2) is 0 Å². The standard InChI is InChI=1S/C17H14ClN3O3/c18-12-7-5-11(6-8-12)15-19-20-16(24-15)13-3-1-9-21(13)17(22)14-4-2-10-23-14/h2,4-8,10,13H,1,3,9H2. The summed E-state index contributed by atoms with van der Waals surface area (Å²) in [5, 5.41) is 8.88. The number of nitrogens with zero attached hydrogens (tertiary/aromatic N) is 3. The molecular formula is C17H14ClN3O3. The fraction of sp³-hybridized carbons (Fsp3) is 0.235. The van der Waals surface area contributed by atoms with Crippen LogP contribution in [-0.4, -0.2) is 27.5 Å². The second kappa shape index (κ2) is 6.13. The molecule has 0 bridgehead atoms. The largest absolute Gasteiger partial charge is 0.459 e. The number of furan rings is 1. The van der Waals surface area contributed by atoms with Crippen molar-refractivity contribution in [1.82, 2.24) is 15.1 Å². The molecule has 0 aliphatic carbocycles. The number of hydrogen-bond acceptors (Lipinski definition) is 5. The van der Waals surface area contributed by atoms with Gasteiger partial charge in [-0.2, -0.15) is 0 Å². The zero-order chi connectivity index (χ0) is 16.5. The van der Waals surface area contributed by atoms with Crippen LogP contribution in [0.4, 0.5) is 0 Å². The van der Waals surface area contributed by atoms with Gasteiger partial charge in [0, 0.05) is 17.1 Å². The number of hydrogen-bond donors (Lipinski definition) is 0. The van der Waals surface area contributed by atoms with Gasteiger partial charge in [0.15, 0.2) is 5.76 Å². The number of carbonyl (C=O) groups excluding carboxylic acids is 1. The zero-order valence-electron chi connectivity index (χ0n) is 12.7. The Labute approximate surface area is 143 Å². The first-order chi connectivity index (χ1) is 11.7. The van der Waals surface area contributed by atoms with Crippen LogP contribution in [-0.2, 0) is 0 Å². The van der Waals surface area contributed by atoms with E-state index in [9.17, 15) is 4.79 Å². The first-order valence-electron chi connectivity index (χ1n) is 7.66. The minimum Gasteiger partial charge on any atom is -0.459 e. The van der Waals surface area contributed by atoms with Gasteiger partial charge in [-0.15, -0.1) is 10.2 Å². The summed E-state index contributed by atoms with van der Waals surface area (Å²) < 4.78 is 11.0. The molecule has 0 radical (unpaired) electrons. The third-order valence-electron chi connectivity index (χ3n) is 4.06. The number of carbonyl (C=O) groups is 1. The highest BCUT2D eigenvalue weighted by atomic mass is 35.5. The molecule has 3 aromatic rings. The lowest BCUT2D eigenvalue weighted by molar-refractivity contribution is 0.0683. The Morgan fingerprint density at radius 3 is 2.79 bits per heavy atom. The quantitative estimate of drug-likeness (QED) is 0.719. The number of aromatic nitrogens is 2. The summed E-state index contributed by atoms with van der Waals surface area (Å²) in [6.07, 6.45) is 3.16. The van der Waals surface area contributed by atoms with Crippen molar-refractivity contribution in [2.75, 3.05) is 6.54 Å². The SMILES string of the molecule is O=C(c1ccco1)N1CCCC1c1nnc(-c2ccc(Cl)cc2)o1. The summed E-state index contributed by atoms with van der Waals surface area (Å²) in [5.74, 6) is 1.02. The van der Waals surface area contributed by atoms with Crippen LogP contribution in [0.5, 0.6) is 0 Å². The van der Waals surface area contributed by atoms with Gasteiger partial charge in [0.05, 0.1) is 6.26 Å². The van der Waals surface area contributed by atoms with Crippen LogP contribution in [0.15, 0.2) is 51.5 Å². The van der Waals surface area contributed by atoms with Crippen LogP contribution < -0.4 is 0 Å². The van der Waals surface area contributed by atoms with E-state index in [1.165, 1.54) is 6.26 Å². The second-order valence-electron chi connectivity index (χ2n) is 5.59. The number of likely N-dealkylation sites (tertiary alicyclic amines) is 1. The van der Waals surface area contributed by atoms with E-state index in [1.807, 2.05) is 12.1 Å². The normalized spacial score (nSPS) is 17.4. The van der Waals surface area contributed by atoms with Crippen LogP contribution in [0, 0.1) is 0 Å². The smallest absolute Gasteiger partial charge is 0.290 e. The van der Waals surface area contributed by atoms with E-state index in [0.29, 0.717) is 29.1 Å². The van der Waals surface area contributed by atoms with Gasteiger partial charge in [0.2, 0.25) is 11.8 Å². The Morgan fingerprint density at radius 2 is 2.04 bits per heavy atom. The van der Waals surface area contributed by atoms with E-state index in [2.05, 4.69) is 10.2 Å². The molecule has 1 atom stereocenters. The van der Waals surface area contributed by atoms with Gasteiger partial charge in [-0.05, 0) is 49.2 Å². The van der Waals surface area contributed by atoms with Crippen molar-refractivity contribution < 1.29 is 13.6 Å². The first kappa shape index (κ1) is 15.0.